The van der Waals surface area contributed by atoms with Crippen molar-refractivity contribution < 1.29 is 9.47 Å². The largest absolute Gasteiger partial charge is 0.383 e. The maximum absolute atomic E-state index is 5.99. The van der Waals surface area contributed by atoms with Gasteiger partial charge in [-0.25, -0.2) is 9.97 Å². The van der Waals surface area contributed by atoms with Crippen LogP contribution < -0.4 is 5.73 Å². The summed E-state index contributed by atoms with van der Waals surface area (Å²) >= 11 is 0. The molecule has 0 spiro atoms. The zero-order chi connectivity index (χ0) is 11.7. The maximum atomic E-state index is 5.99. The lowest BCUT2D eigenvalue weighted by Gasteiger charge is -2.23. The first-order valence-electron chi connectivity index (χ1n) is 6.15. The molecule has 0 saturated carbocycles. The molecule has 2 aliphatic heterocycles. The summed E-state index contributed by atoms with van der Waals surface area (Å²) in [6, 6.07) is 0. The van der Waals surface area contributed by atoms with Gasteiger partial charge in [0.2, 0.25) is 0 Å². The van der Waals surface area contributed by atoms with Crippen molar-refractivity contribution in [3.05, 3.63) is 17.1 Å². The van der Waals surface area contributed by atoms with E-state index in [1.165, 1.54) is 0 Å². The van der Waals surface area contributed by atoms with Crippen molar-refractivity contribution in [1.82, 2.24) is 9.97 Å². The molecule has 5 nitrogen and oxygen atoms in total. The fraction of sp³-hybridized carbons (Fsp3) is 0.667. The molecule has 2 N–H and O–H groups in total. The summed E-state index contributed by atoms with van der Waals surface area (Å²) in [5, 5.41) is 0. The Morgan fingerprint density at radius 3 is 2.71 bits per heavy atom. The van der Waals surface area contributed by atoms with Gasteiger partial charge in [-0.2, -0.15) is 0 Å². The van der Waals surface area contributed by atoms with Gasteiger partial charge in [0, 0.05) is 31.1 Å². The first kappa shape index (κ1) is 10.9. The quantitative estimate of drug-likeness (QED) is 0.787. The molecule has 1 fully saturated rings. The summed E-state index contributed by atoms with van der Waals surface area (Å²) in [5.74, 6) is 1.89. The van der Waals surface area contributed by atoms with Gasteiger partial charge in [0.25, 0.3) is 0 Å². The molecule has 1 saturated heterocycles. The van der Waals surface area contributed by atoms with Crippen molar-refractivity contribution in [2.75, 3.05) is 25.6 Å². The average molecular weight is 235 g/mol. The Morgan fingerprint density at radius 1 is 1.06 bits per heavy atom. The fourth-order valence-corrected chi connectivity index (χ4v) is 2.41. The number of hydrogen-bond acceptors (Lipinski definition) is 5. The Kier molecular flexibility index (Phi) is 2.94. The molecule has 0 aliphatic carbocycles. The Labute approximate surface area is 100 Å². The normalized spacial score (nSPS) is 21.2. The van der Waals surface area contributed by atoms with Gasteiger partial charge in [0.05, 0.1) is 18.9 Å². The third-order valence-corrected chi connectivity index (χ3v) is 3.46. The molecule has 0 unspecified atom stereocenters. The number of ether oxygens (including phenoxy) is 2. The van der Waals surface area contributed by atoms with Crippen molar-refractivity contribution >= 4 is 5.82 Å². The van der Waals surface area contributed by atoms with E-state index in [0.717, 1.165) is 56.2 Å². The molecule has 0 aromatic carbocycles. The second kappa shape index (κ2) is 4.58. The van der Waals surface area contributed by atoms with Gasteiger partial charge in [-0.15, -0.1) is 0 Å². The number of nitrogen functional groups attached to an aromatic ring is 1. The molecule has 1 aromatic heterocycles. The summed E-state index contributed by atoms with van der Waals surface area (Å²) in [6.07, 6.45) is 2.84. The van der Waals surface area contributed by atoms with E-state index in [-0.39, 0.29) is 0 Å². The fourth-order valence-electron chi connectivity index (χ4n) is 2.41. The second-order valence-electron chi connectivity index (χ2n) is 4.58. The third kappa shape index (κ3) is 2.12. The van der Waals surface area contributed by atoms with Gasteiger partial charge in [0.15, 0.2) is 0 Å². The molecule has 0 bridgehead atoms. The minimum absolute atomic E-state index is 0.402. The minimum Gasteiger partial charge on any atom is -0.383 e. The number of nitrogens with two attached hydrogens (primary N) is 1. The van der Waals surface area contributed by atoms with Crippen LogP contribution in [-0.2, 0) is 22.5 Å². The Bertz CT molecular complexity index is 416. The number of rotatable bonds is 1. The zero-order valence-corrected chi connectivity index (χ0v) is 9.82. The van der Waals surface area contributed by atoms with Crippen molar-refractivity contribution in [2.24, 2.45) is 0 Å². The maximum Gasteiger partial charge on any atom is 0.134 e. The highest BCUT2D eigenvalue weighted by Gasteiger charge is 2.22. The summed E-state index contributed by atoms with van der Waals surface area (Å²) in [4.78, 5) is 9.11. The summed E-state index contributed by atoms with van der Waals surface area (Å²) in [6.45, 7) is 2.88. The molecule has 0 radical (unpaired) electrons. The van der Waals surface area contributed by atoms with E-state index >= 15 is 0 Å². The second-order valence-corrected chi connectivity index (χ2v) is 4.58. The predicted octanol–water partition coefficient (Wildman–Crippen LogP) is 1.03. The standard InChI is InChI=1S/C12H17N3O2/c13-11-9-7-17-6-3-10(9)14-12(15-11)8-1-4-16-5-2-8/h8H,1-7H2,(H2,13,14,15). The van der Waals surface area contributed by atoms with Gasteiger partial charge >= 0.3 is 0 Å². The molecular formula is C12H17N3O2. The molecule has 2 aliphatic rings. The number of aromatic nitrogens is 2. The summed E-state index contributed by atoms with van der Waals surface area (Å²) in [7, 11) is 0. The molecule has 3 rings (SSSR count). The Balaban J connectivity index is 1.92. The highest BCUT2D eigenvalue weighted by molar-refractivity contribution is 5.43. The molecule has 0 atom stereocenters. The van der Waals surface area contributed by atoms with Crippen LogP contribution >= 0.6 is 0 Å². The highest BCUT2D eigenvalue weighted by atomic mass is 16.5. The molecule has 3 heterocycles. The lowest BCUT2D eigenvalue weighted by molar-refractivity contribution is 0.0830. The van der Waals surface area contributed by atoms with Gasteiger partial charge < -0.3 is 15.2 Å². The van der Waals surface area contributed by atoms with E-state index in [0.29, 0.717) is 18.3 Å². The number of fused-ring (bicyclic) bond motifs is 1. The van der Waals surface area contributed by atoms with Crippen LogP contribution in [0.1, 0.15) is 35.8 Å². The van der Waals surface area contributed by atoms with E-state index < -0.39 is 0 Å². The lowest BCUT2D eigenvalue weighted by Crippen LogP contribution is -2.21. The number of nitrogens with zero attached hydrogens (tertiary/aromatic N) is 2. The van der Waals surface area contributed by atoms with Crippen LogP contribution in [0, 0.1) is 0 Å². The first-order valence-corrected chi connectivity index (χ1v) is 6.15. The van der Waals surface area contributed by atoms with E-state index in [9.17, 15) is 0 Å². The van der Waals surface area contributed by atoms with Crippen LogP contribution in [-0.4, -0.2) is 29.8 Å². The van der Waals surface area contributed by atoms with Gasteiger partial charge in [0.1, 0.15) is 11.6 Å². The van der Waals surface area contributed by atoms with Crippen molar-refractivity contribution in [3.63, 3.8) is 0 Å². The Morgan fingerprint density at radius 2 is 1.88 bits per heavy atom. The van der Waals surface area contributed by atoms with Crippen LogP contribution in [0.15, 0.2) is 0 Å². The molecule has 17 heavy (non-hydrogen) atoms. The van der Waals surface area contributed by atoms with E-state index in [2.05, 4.69) is 9.97 Å². The smallest absolute Gasteiger partial charge is 0.134 e. The minimum atomic E-state index is 0.402. The van der Waals surface area contributed by atoms with Crippen LogP contribution in [0.2, 0.25) is 0 Å². The number of hydrogen-bond donors (Lipinski definition) is 1. The zero-order valence-electron chi connectivity index (χ0n) is 9.82. The van der Waals surface area contributed by atoms with E-state index in [1.807, 2.05) is 0 Å². The van der Waals surface area contributed by atoms with Crippen LogP contribution in [0.4, 0.5) is 5.82 Å². The molecule has 1 aromatic rings. The molecule has 5 heteroatoms. The summed E-state index contributed by atoms with van der Waals surface area (Å²) in [5.41, 5.74) is 8.04. The van der Waals surface area contributed by atoms with Crippen LogP contribution in [0.25, 0.3) is 0 Å². The molecule has 0 amide bonds. The highest BCUT2D eigenvalue weighted by Crippen LogP contribution is 2.27. The third-order valence-electron chi connectivity index (χ3n) is 3.46. The van der Waals surface area contributed by atoms with Gasteiger partial charge in [-0.1, -0.05) is 0 Å². The Hall–Kier alpha value is -1.20. The first-order chi connectivity index (χ1) is 8.34. The summed E-state index contributed by atoms with van der Waals surface area (Å²) < 4.78 is 10.7. The number of anilines is 1. The van der Waals surface area contributed by atoms with Gasteiger partial charge in [-0.05, 0) is 12.8 Å². The lowest BCUT2D eigenvalue weighted by atomic mass is 9.98. The predicted molar refractivity (Wildman–Crippen MR) is 62.6 cm³/mol. The molecular weight excluding hydrogens is 218 g/mol. The van der Waals surface area contributed by atoms with Crippen molar-refractivity contribution in [2.45, 2.75) is 31.8 Å². The topological polar surface area (TPSA) is 70.3 Å². The average Bonchev–Trinajstić information content (AvgIpc) is 2.40. The van der Waals surface area contributed by atoms with Gasteiger partial charge in [-0.3, -0.25) is 0 Å². The van der Waals surface area contributed by atoms with Crippen molar-refractivity contribution in [1.29, 1.82) is 0 Å². The van der Waals surface area contributed by atoms with E-state index in [4.69, 9.17) is 15.2 Å². The monoisotopic (exact) mass is 235 g/mol. The van der Waals surface area contributed by atoms with Crippen LogP contribution in [0.3, 0.4) is 0 Å². The van der Waals surface area contributed by atoms with Crippen LogP contribution in [0.5, 0.6) is 0 Å². The molecule has 92 valence electrons. The SMILES string of the molecule is Nc1nc(C2CCOCC2)nc2c1COCC2. The van der Waals surface area contributed by atoms with Crippen molar-refractivity contribution in [3.8, 4) is 0 Å². The van der Waals surface area contributed by atoms with E-state index in [1.54, 1.807) is 0 Å².